The molecule has 0 aromatic carbocycles. The van der Waals surface area contributed by atoms with Crippen molar-refractivity contribution in [2.24, 2.45) is 5.92 Å². The Bertz CT molecular complexity index is 1240. The lowest BCUT2D eigenvalue weighted by Crippen LogP contribution is -2.41. The number of furan rings is 1. The zero-order chi connectivity index (χ0) is 23.7. The van der Waals surface area contributed by atoms with Crippen molar-refractivity contribution in [3.05, 3.63) is 47.4 Å². The maximum absolute atomic E-state index is 13.1. The second-order valence-electron chi connectivity index (χ2n) is 8.31. The van der Waals surface area contributed by atoms with Gasteiger partial charge in [0.15, 0.2) is 5.58 Å². The van der Waals surface area contributed by atoms with E-state index in [2.05, 4.69) is 20.6 Å². The molecule has 2 fully saturated rings. The van der Waals surface area contributed by atoms with E-state index in [1.54, 1.807) is 35.4 Å². The molecule has 0 unspecified atom stereocenters. The summed E-state index contributed by atoms with van der Waals surface area (Å²) in [5.74, 6) is -0.813. The van der Waals surface area contributed by atoms with Crippen molar-refractivity contribution in [2.75, 3.05) is 24.0 Å². The van der Waals surface area contributed by atoms with E-state index in [1.165, 1.54) is 6.20 Å². The molecule has 4 heterocycles. The van der Waals surface area contributed by atoms with Gasteiger partial charge in [-0.05, 0) is 49.9 Å². The standard InChI is InChI=1S/C23H22ClN5O5/c24-14-5-8-17(26-10-14)27-23(32)21-20(19-16(34-21)2-1-9-25-19)28-22(31)13-3-6-15(7-4-13)29-12-33-11-18(29)30/h1-2,5,8-10,13,15H,3-4,6-7,11-12H2,(H,28,31)(H,26,27,32). The normalized spacial score (nSPS) is 20.5. The molecule has 3 aromatic rings. The molecule has 0 bridgehead atoms. The largest absolute Gasteiger partial charge is 0.447 e. The number of aromatic nitrogens is 2. The third-order valence-electron chi connectivity index (χ3n) is 6.15. The number of nitrogens with zero attached hydrogens (tertiary/aromatic N) is 3. The Hall–Kier alpha value is -3.50. The molecular weight excluding hydrogens is 462 g/mol. The predicted octanol–water partition coefficient (Wildman–Crippen LogP) is 3.44. The van der Waals surface area contributed by atoms with Crippen LogP contribution >= 0.6 is 11.6 Å². The van der Waals surface area contributed by atoms with Gasteiger partial charge in [0.05, 0.1) is 5.02 Å². The van der Waals surface area contributed by atoms with E-state index in [0.717, 1.165) is 0 Å². The van der Waals surface area contributed by atoms with Crippen molar-refractivity contribution in [1.82, 2.24) is 14.9 Å². The Morgan fingerprint density at radius 1 is 1.09 bits per heavy atom. The molecule has 2 N–H and O–H groups in total. The van der Waals surface area contributed by atoms with Gasteiger partial charge in [0.1, 0.15) is 30.4 Å². The summed E-state index contributed by atoms with van der Waals surface area (Å²) in [6.07, 6.45) is 5.66. The molecule has 34 heavy (non-hydrogen) atoms. The van der Waals surface area contributed by atoms with E-state index < -0.39 is 5.91 Å². The van der Waals surface area contributed by atoms with Crippen LogP contribution in [0, 0.1) is 5.92 Å². The molecule has 176 valence electrons. The highest BCUT2D eigenvalue weighted by Gasteiger charge is 2.35. The second kappa shape index (κ2) is 9.40. The summed E-state index contributed by atoms with van der Waals surface area (Å²) in [5, 5.41) is 5.96. The number of hydrogen-bond donors (Lipinski definition) is 2. The number of ether oxygens (including phenoxy) is 1. The second-order valence-corrected chi connectivity index (χ2v) is 8.74. The SMILES string of the molecule is O=C(Nc1ccc(Cl)cn1)c1oc2cccnc2c1NC(=O)C1CCC(N2COCC2=O)CC1. The first-order valence-electron chi connectivity index (χ1n) is 11.0. The molecule has 1 aliphatic carbocycles. The molecule has 0 atom stereocenters. The molecule has 3 amide bonds. The van der Waals surface area contributed by atoms with Crippen LogP contribution in [0.25, 0.3) is 11.1 Å². The van der Waals surface area contributed by atoms with E-state index in [4.69, 9.17) is 20.8 Å². The molecule has 0 spiro atoms. The summed E-state index contributed by atoms with van der Waals surface area (Å²) in [6.45, 7) is 0.436. The Kier molecular flexibility index (Phi) is 6.16. The third kappa shape index (κ3) is 4.46. The first kappa shape index (κ1) is 22.3. The minimum Gasteiger partial charge on any atom is -0.447 e. The van der Waals surface area contributed by atoms with Crippen molar-refractivity contribution in [2.45, 2.75) is 31.7 Å². The lowest BCUT2D eigenvalue weighted by molar-refractivity contribution is -0.129. The lowest BCUT2D eigenvalue weighted by Gasteiger charge is -2.33. The van der Waals surface area contributed by atoms with Crippen LogP contribution < -0.4 is 10.6 Å². The number of anilines is 2. The van der Waals surface area contributed by atoms with Gasteiger partial charge in [0.2, 0.25) is 11.7 Å². The van der Waals surface area contributed by atoms with E-state index in [1.807, 2.05) is 0 Å². The van der Waals surface area contributed by atoms with Gasteiger partial charge in [-0.3, -0.25) is 19.4 Å². The minimum absolute atomic E-state index is 0.00493. The number of hydrogen-bond acceptors (Lipinski definition) is 7. The summed E-state index contributed by atoms with van der Waals surface area (Å²) in [6, 6.07) is 6.61. The molecule has 11 heteroatoms. The number of carbonyl (C=O) groups excluding carboxylic acids is 3. The van der Waals surface area contributed by atoms with E-state index >= 15 is 0 Å². The van der Waals surface area contributed by atoms with Gasteiger partial charge in [0, 0.05) is 24.4 Å². The smallest absolute Gasteiger partial charge is 0.294 e. The van der Waals surface area contributed by atoms with Crippen LogP contribution in [0.1, 0.15) is 36.2 Å². The molecule has 0 radical (unpaired) electrons. The number of amides is 3. The van der Waals surface area contributed by atoms with Gasteiger partial charge in [-0.1, -0.05) is 11.6 Å². The molecule has 2 aliphatic rings. The van der Waals surface area contributed by atoms with Crippen molar-refractivity contribution < 1.29 is 23.5 Å². The summed E-state index contributed by atoms with van der Waals surface area (Å²) in [4.78, 5) is 48.1. The van der Waals surface area contributed by atoms with Gasteiger partial charge in [-0.15, -0.1) is 0 Å². The molecule has 1 aliphatic heterocycles. The topological polar surface area (TPSA) is 127 Å². The number of halogens is 1. The minimum atomic E-state index is -0.570. The van der Waals surface area contributed by atoms with Crippen LogP contribution in [0.4, 0.5) is 11.5 Å². The maximum Gasteiger partial charge on any atom is 0.294 e. The summed E-state index contributed by atoms with van der Waals surface area (Å²) in [5.41, 5.74) is 0.985. The highest BCUT2D eigenvalue weighted by molar-refractivity contribution is 6.30. The van der Waals surface area contributed by atoms with E-state index in [-0.39, 0.29) is 41.8 Å². The Morgan fingerprint density at radius 2 is 1.91 bits per heavy atom. The van der Waals surface area contributed by atoms with Gasteiger partial charge < -0.3 is 24.7 Å². The first-order chi connectivity index (χ1) is 16.5. The number of pyridine rings is 2. The molecule has 5 rings (SSSR count). The number of rotatable bonds is 5. The van der Waals surface area contributed by atoms with Crippen LogP contribution in [0.15, 0.2) is 41.1 Å². The van der Waals surface area contributed by atoms with Crippen LogP contribution in [0.5, 0.6) is 0 Å². The zero-order valence-electron chi connectivity index (χ0n) is 18.1. The molecular formula is C23H22ClN5O5. The maximum atomic E-state index is 13.1. The molecule has 10 nitrogen and oxygen atoms in total. The lowest BCUT2D eigenvalue weighted by atomic mass is 9.85. The van der Waals surface area contributed by atoms with Crippen molar-refractivity contribution in [1.29, 1.82) is 0 Å². The average molecular weight is 484 g/mol. The molecule has 1 saturated carbocycles. The Morgan fingerprint density at radius 3 is 2.62 bits per heavy atom. The number of fused-ring (bicyclic) bond motifs is 1. The van der Waals surface area contributed by atoms with E-state index in [0.29, 0.717) is 54.4 Å². The number of carbonyl (C=O) groups is 3. The predicted molar refractivity (Wildman–Crippen MR) is 123 cm³/mol. The van der Waals surface area contributed by atoms with Gasteiger partial charge >= 0.3 is 0 Å². The van der Waals surface area contributed by atoms with Crippen LogP contribution in [-0.2, 0) is 14.3 Å². The van der Waals surface area contributed by atoms with Gasteiger partial charge in [0.25, 0.3) is 11.8 Å². The monoisotopic (exact) mass is 483 g/mol. The quantitative estimate of drug-likeness (QED) is 0.569. The summed E-state index contributed by atoms with van der Waals surface area (Å²) < 4.78 is 11.0. The van der Waals surface area contributed by atoms with Crippen molar-refractivity contribution in [3.63, 3.8) is 0 Å². The highest BCUT2D eigenvalue weighted by atomic mass is 35.5. The number of nitrogens with one attached hydrogen (secondary N) is 2. The van der Waals surface area contributed by atoms with Gasteiger partial charge in [-0.2, -0.15) is 0 Å². The molecule has 1 saturated heterocycles. The van der Waals surface area contributed by atoms with Crippen molar-refractivity contribution in [3.8, 4) is 0 Å². The van der Waals surface area contributed by atoms with Crippen LogP contribution in [0.3, 0.4) is 0 Å². The van der Waals surface area contributed by atoms with Crippen molar-refractivity contribution >= 4 is 51.9 Å². The van der Waals surface area contributed by atoms with Gasteiger partial charge in [-0.25, -0.2) is 4.98 Å². The Balaban J connectivity index is 1.32. The molecule has 3 aromatic heterocycles. The third-order valence-corrected chi connectivity index (χ3v) is 6.38. The van der Waals surface area contributed by atoms with E-state index in [9.17, 15) is 14.4 Å². The fraction of sp³-hybridized carbons (Fsp3) is 0.348. The fourth-order valence-electron chi connectivity index (χ4n) is 4.40. The zero-order valence-corrected chi connectivity index (χ0v) is 18.9. The van der Waals surface area contributed by atoms with Crippen LogP contribution in [-0.4, -0.2) is 52.0 Å². The first-order valence-corrected chi connectivity index (χ1v) is 11.4. The highest BCUT2D eigenvalue weighted by Crippen LogP contribution is 2.33. The summed E-state index contributed by atoms with van der Waals surface area (Å²) >= 11 is 5.85. The Labute approximate surface area is 199 Å². The fourth-order valence-corrected chi connectivity index (χ4v) is 4.51. The summed E-state index contributed by atoms with van der Waals surface area (Å²) in [7, 11) is 0. The van der Waals surface area contributed by atoms with Crippen LogP contribution in [0.2, 0.25) is 5.02 Å². The average Bonchev–Trinajstić information content (AvgIpc) is 3.44.